The number of ether oxygens (including phenoxy) is 7. The quantitative estimate of drug-likeness (QED) is 0.258. The highest BCUT2D eigenvalue weighted by Crippen LogP contribution is 2.33. The standard InChI is InChI=1S/C20H30O14/c1-7-13(25)16(14(26)19(27)29-7)34-20-18(32-11(5)24)17(31-10(4)23)15(30-9(3)22)12(33-20)6-28-8(2)21/h7,12-20,25-27H,6H2,1-5H3. The van der Waals surface area contributed by atoms with Crippen molar-refractivity contribution in [3.05, 3.63) is 0 Å². The number of aliphatic hydroxyl groups is 3. The lowest BCUT2D eigenvalue weighted by molar-refractivity contribution is -0.354. The first-order valence-electron chi connectivity index (χ1n) is 10.5. The smallest absolute Gasteiger partial charge is 0.303 e. The predicted octanol–water partition coefficient (Wildman–Crippen LogP) is -2.09. The zero-order valence-corrected chi connectivity index (χ0v) is 19.3. The molecule has 0 aromatic carbocycles. The molecule has 0 aromatic rings. The van der Waals surface area contributed by atoms with Gasteiger partial charge in [-0.1, -0.05) is 0 Å². The van der Waals surface area contributed by atoms with E-state index in [0.29, 0.717) is 0 Å². The van der Waals surface area contributed by atoms with Crippen LogP contribution in [0.2, 0.25) is 0 Å². The van der Waals surface area contributed by atoms with Crippen LogP contribution < -0.4 is 0 Å². The topological polar surface area (TPSA) is 194 Å². The maximum Gasteiger partial charge on any atom is 0.303 e. The van der Waals surface area contributed by atoms with Crippen LogP contribution in [0.25, 0.3) is 0 Å². The molecule has 0 saturated carbocycles. The summed E-state index contributed by atoms with van der Waals surface area (Å²) >= 11 is 0. The number of hydrogen-bond acceptors (Lipinski definition) is 14. The number of rotatable bonds is 7. The van der Waals surface area contributed by atoms with E-state index in [-0.39, 0.29) is 0 Å². The molecule has 2 aliphatic rings. The van der Waals surface area contributed by atoms with E-state index < -0.39 is 91.9 Å². The van der Waals surface area contributed by atoms with E-state index in [1.54, 1.807) is 0 Å². The van der Waals surface area contributed by atoms with E-state index in [1.165, 1.54) is 6.92 Å². The summed E-state index contributed by atoms with van der Waals surface area (Å²) in [6.07, 6.45) is -14.7. The van der Waals surface area contributed by atoms with Crippen molar-refractivity contribution in [3.63, 3.8) is 0 Å². The van der Waals surface area contributed by atoms with Gasteiger partial charge in [-0.2, -0.15) is 0 Å². The zero-order valence-electron chi connectivity index (χ0n) is 19.3. The summed E-state index contributed by atoms with van der Waals surface area (Å²) in [6, 6.07) is 0. The second-order valence-electron chi connectivity index (χ2n) is 7.88. The largest absolute Gasteiger partial charge is 0.463 e. The van der Waals surface area contributed by atoms with Gasteiger partial charge in [0.05, 0.1) is 6.10 Å². The van der Waals surface area contributed by atoms with Gasteiger partial charge in [0.15, 0.2) is 30.9 Å². The highest BCUT2D eigenvalue weighted by Gasteiger charge is 2.55. The average Bonchev–Trinajstić information content (AvgIpc) is 2.71. The molecule has 14 heteroatoms. The molecule has 10 atom stereocenters. The first-order chi connectivity index (χ1) is 15.8. The molecule has 2 heterocycles. The van der Waals surface area contributed by atoms with Crippen LogP contribution >= 0.6 is 0 Å². The molecule has 3 N–H and O–H groups in total. The lowest BCUT2D eigenvalue weighted by Gasteiger charge is -2.47. The minimum atomic E-state index is -1.74. The Morgan fingerprint density at radius 2 is 1.24 bits per heavy atom. The molecule has 0 aliphatic carbocycles. The predicted molar refractivity (Wildman–Crippen MR) is 105 cm³/mol. The van der Waals surface area contributed by atoms with Gasteiger partial charge in [0.2, 0.25) is 0 Å². The maximum atomic E-state index is 11.8. The number of carbonyl (C=O) groups excluding carboxylic acids is 4. The second kappa shape index (κ2) is 11.9. The Morgan fingerprint density at radius 3 is 1.76 bits per heavy atom. The molecule has 0 amide bonds. The number of aliphatic hydroxyl groups excluding tert-OH is 3. The SMILES string of the molecule is CC(=O)OCC1OC(OC2C(O)C(C)OC(O)C2O)C(OC(C)=O)C(OC(C)=O)C1OC(C)=O. The Kier molecular flexibility index (Phi) is 9.73. The van der Waals surface area contributed by atoms with Crippen molar-refractivity contribution < 1.29 is 67.7 Å². The Hall–Kier alpha value is -2.36. The van der Waals surface area contributed by atoms with Gasteiger partial charge in [0.25, 0.3) is 0 Å². The molecule has 2 fully saturated rings. The molecular formula is C20H30O14. The number of esters is 4. The van der Waals surface area contributed by atoms with Crippen LogP contribution in [0.1, 0.15) is 34.6 Å². The van der Waals surface area contributed by atoms with Crippen LogP contribution in [0.4, 0.5) is 0 Å². The lowest BCUT2D eigenvalue weighted by Crippen LogP contribution is -2.65. The third-order valence-corrected chi connectivity index (χ3v) is 5.04. The molecule has 0 aromatic heterocycles. The van der Waals surface area contributed by atoms with Crippen LogP contribution in [0.3, 0.4) is 0 Å². The monoisotopic (exact) mass is 494 g/mol. The molecule has 14 nitrogen and oxygen atoms in total. The first-order valence-corrected chi connectivity index (χ1v) is 10.5. The average molecular weight is 494 g/mol. The highest BCUT2D eigenvalue weighted by molar-refractivity contribution is 5.68. The molecule has 194 valence electrons. The van der Waals surface area contributed by atoms with Crippen molar-refractivity contribution in [2.24, 2.45) is 0 Å². The van der Waals surface area contributed by atoms with Crippen LogP contribution in [-0.2, 0) is 52.3 Å². The van der Waals surface area contributed by atoms with Gasteiger partial charge in [-0.05, 0) is 6.92 Å². The molecule has 10 unspecified atom stereocenters. The minimum absolute atomic E-state index is 0.477. The van der Waals surface area contributed by atoms with Crippen molar-refractivity contribution in [2.45, 2.75) is 96.0 Å². The van der Waals surface area contributed by atoms with E-state index in [9.17, 15) is 34.5 Å². The van der Waals surface area contributed by atoms with Crippen molar-refractivity contribution in [3.8, 4) is 0 Å². The van der Waals surface area contributed by atoms with E-state index in [1.807, 2.05) is 0 Å². The van der Waals surface area contributed by atoms with Crippen molar-refractivity contribution in [1.82, 2.24) is 0 Å². The van der Waals surface area contributed by atoms with Gasteiger partial charge in [0, 0.05) is 27.7 Å². The summed E-state index contributed by atoms with van der Waals surface area (Å²) in [6.45, 7) is 5.26. The Bertz CT molecular complexity index is 742. The summed E-state index contributed by atoms with van der Waals surface area (Å²) in [5.41, 5.74) is 0. The van der Waals surface area contributed by atoms with E-state index >= 15 is 0 Å². The fraction of sp³-hybridized carbons (Fsp3) is 0.800. The van der Waals surface area contributed by atoms with Crippen molar-refractivity contribution in [1.29, 1.82) is 0 Å². The number of carbonyl (C=O) groups is 4. The van der Waals surface area contributed by atoms with Crippen molar-refractivity contribution in [2.75, 3.05) is 6.61 Å². The van der Waals surface area contributed by atoms with Gasteiger partial charge < -0.3 is 48.5 Å². The van der Waals surface area contributed by atoms with Crippen LogP contribution in [0, 0.1) is 0 Å². The summed E-state index contributed by atoms with van der Waals surface area (Å²) in [5.74, 6) is -3.17. The Morgan fingerprint density at radius 1 is 0.706 bits per heavy atom. The molecule has 34 heavy (non-hydrogen) atoms. The molecule has 2 rings (SSSR count). The summed E-state index contributed by atoms with van der Waals surface area (Å²) in [7, 11) is 0. The summed E-state index contributed by atoms with van der Waals surface area (Å²) in [5, 5.41) is 30.7. The molecule has 0 bridgehead atoms. The molecular weight excluding hydrogens is 464 g/mol. The van der Waals surface area contributed by atoms with Crippen LogP contribution in [0.5, 0.6) is 0 Å². The Labute approximate surface area is 194 Å². The van der Waals surface area contributed by atoms with E-state index in [2.05, 4.69) is 0 Å². The highest BCUT2D eigenvalue weighted by atomic mass is 16.7. The van der Waals surface area contributed by atoms with Gasteiger partial charge in [-0.15, -0.1) is 0 Å². The van der Waals surface area contributed by atoms with Crippen LogP contribution in [-0.4, -0.2) is 107 Å². The summed E-state index contributed by atoms with van der Waals surface area (Å²) in [4.78, 5) is 46.8. The molecule has 0 spiro atoms. The zero-order chi connectivity index (χ0) is 25.7. The van der Waals surface area contributed by atoms with Crippen LogP contribution in [0.15, 0.2) is 0 Å². The van der Waals surface area contributed by atoms with Gasteiger partial charge in [-0.3, -0.25) is 19.2 Å². The van der Waals surface area contributed by atoms with E-state index in [4.69, 9.17) is 33.2 Å². The fourth-order valence-corrected chi connectivity index (χ4v) is 3.63. The fourth-order valence-electron chi connectivity index (χ4n) is 3.63. The Balaban J connectivity index is 2.45. The van der Waals surface area contributed by atoms with Gasteiger partial charge >= 0.3 is 23.9 Å². The molecule has 0 radical (unpaired) electrons. The van der Waals surface area contributed by atoms with Gasteiger partial charge in [0.1, 0.15) is 31.0 Å². The molecule has 2 aliphatic heterocycles. The molecule has 2 saturated heterocycles. The normalized spacial score (nSPS) is 37.9. The second-order valence-corrected chi connectivity index (χ2v) is 7.88. The minimum Gasteiger partial charge on any atom is -0.463 e. The third kappa shape index (κ3) is 7.07. The van der Waals surface area contributed by atoms with Crippen molar-refractivity contribution >= 4 is 23.9 Å². The van der Waals surface area contributed by atoms with E-state index in [0.717, 1.165) is 27.7 Å². The first kappa shape index (κ1) is 27.9. The third-order valence-electron chi connectivity index (χ3n) is 5.04. The maximum absolute atomic E-state index is 11.8. The summed E-state index contributed by atoms with van der Waals surface area (Å²) < 4.78 is 37.2. The number of hydrogen-bond donors (Lipinski definition) is 3. The lowest BCUT2D eigenvalue weighted by atomic mass is 9.96. The van der Waals surface area contributed by atoms with Gasteiger partial charge in [-0.25, -0.2) is 0 Å².